The van der Waals surface area contributed by atoms with E-state index in [-0.39, 0.29) is 39.9 Å². The number of nitriles is 1. The van der Waals surface area contributed by atoms with Gasteiger partial charge in [0.15, 0.2) is 0 Å². The Balaban J connectivity index is 0.000000151. The highest BCUT2D eigenvalue weighted by Crippen LogP contribution is 2.33. The lowest BCUT2D eigenvalue weighted by atomic mass is 9.92. The maximum atomic E-state index is 12.4. The second kappa shape index (κ2) is 21.2. The van der Waals surface area contributed by atoms with Crippen LogP contribution in [0.1, 0.15) is 38.5 Å². The zero-order chi connectivity index (χ0) is 48.9. The van der Waals surface area contributed by atoms with Crippen molar-refractivity contribution < 1.29 is 46.2 Å². The number of anilines is 1. The van der Waals surface area contributed by atoms with Crippen LogP contribution in [-0.2, 0) is 38.9 Å². The van der Waals surface area contributed by atoms with Gasteiger partial charge >= 0.3 is 10.1 Å². The number of nitrogens with one attached hydrogen (secondary N) is 5. The topological polar surface area (TPSA) is 257 Å². The lowest BCUT2D eigenvalue weighted by Crippen LogP contribution is -2.35. The van der Waals surface area contributed by atoms with E-state index in [1.807, 2.05) is 54.8 Å². The van der Waals surface area contributed by atoms with Gasteiger partial charge in [-0.05, 0) is 187 Å². The number of thiophene rings is 1. The van der Waals surface area contributed by atoms with Crippen molar-refractivity contribution >= 4 is 148 Å². The van der Waals surface area contributed by atoms with Crippen LogP contribution >= 0.6 is 79.1 Å². The van der Waals surface area contributed by atoms with Crippen LogP contribution in [-0.4, -0.2) is 48.4 Å². The zero-order valence-corrected chi connectivity index (χ0v) is 42.7. The van der Waals surface area contributed by atoms with Gasteiger partial charge in [-0.15, -0.1) is 11.3 Å². The van der Waals surface area contributed by atoms with Crippen LogP contribution in [0.2, 0.25) is 0 Å². The van der Waals surface area contributed by atoms with Crippen LogP contribution in [0.15, 0.2) is 147 Å². The summed E-state index contributed by atoms with van der Waals surface area (Å²) in [6, 6.07) is 34.9. The Morgan fingerprint density at radius 3 is 1.54 bits per heavy atom. The minimum atomic E-state index is -4.55. The fourth-order valence-electron chi connectivity index (χ4n) is 6.53. The smallest absolute Gasteiger partial charge is 0.328 e. The first-order valence-electron chi connectivity index (χ1n) is 19.4. The standard InChI is InChI=1S/C17H10IN3O2.C15H11IN2O2S.C14H9IN2O6S/c18-13-7-5-12(6-8-13)14(15-16(22)20-21-17(15)23)11-3-1-10(9-19)2-4-11;1-9-6-7-21-13(9)8-12-14(19)17-18(15(12)20)11-4-2-10(16)3-5-11;15-8-3-1-7(2-4-8)11(12-13(18)16-17-14(12)19)9-5-6-10(23-9)24(20,21)22/h1-8H,(H,20,22)(H,21,23);2-8H,1H3,(H,17,19);1-6H,(H,16,18)(H,17,19)(H,20,21,22)/b;12-8-;. The number of hydrogen-bond acceptors (Lipinski definition) is 11. The molecular formula is C46H30I3N7O10S2. The van der Waals surface area contributed by atoms with Gasteiger partial charge in [0.05, 0.1) is 17.3 Å². The molecule has 6 aromatic rings. The quantitative estimate of drug-likeness (QED) is 0.0445. The van der Waals surface area contributed by atoms with Crippen LogP contribution in [0, 0.1) is 29.0 Å². The molecule has 0 aliphatic carbocycles. The number of amides is 6. The minimum Gasteiger partial charge on any atom is -0.442 e. The van der Waals surface area contributed by atoms with E-state index in [0.29, 0.717) is 28.0 Å². The van der Waals surface area contributed by atoms with Crippen LogP contribution in [0.25, 0.3) is 17.2 Å². The van der Waals surface area contributed by atoms with Crippen LogP contribution < -0.4 is 32.1 Å². The summed E-state index contributed by atoms with van der Waals surface area (Å²) >= 11 is 7.99. The fourth-order valence-corrected chi connectivity index (χ4v) is 8.91. The highest BCUT2D eigenvalue weighted by atomic mass is 127. The highest BCUT2D eigenvalue weighted by Gasteiger charge is 2.35. The van der Waals surface area contributed by atoms with E-state index in [4.69, 9.17) is 14.2 Å². The number of hydrazine groups is 3. The van der Waals surface area contributed by atoms with E-state index < -0.39 is 38.8 Å². The number of benzene rings is 4. The Bertz CT molecular complexity index is 3250. The number of halogens is 3. The number of rotatable bonds is 7. The number of nitrogens with zero attached hydrogens (tertiary/aromatic N) is 2. The van der Waals surface area contributed by atoms with E-state index in [0.717, 1.165) is 32.8 Å². The molecule has 4 aromatic carbocycles. The molecule has 0 atom stereocenters. The van der Waals surface area contributed by atoms with Gasteiger partial charge in [-0.1, -0.05) is 36.4 Å². The maximum Gasteiger partial charge on any atom is 0.328 e. The number of furan rings is 1. The Hall–Kier alpha value is -6.51. The summed E-state index contributed by atoms with van der Waals surface area (Å²) < 4.78 is 39.6. The summed E-state index contributed by atoms with van der Waals surface area (Å²) in [6.07, 6.45) is 1.66. The monoisotopic (exact) mass is 1280 g/mol. The molecule has 3 aliphatic rings. The lowest BCUT2D eigenvalue weighted by Gasteiger charge is -2.14. The van der Waals surface area contributed by atoms with Crippen molar-refractivity contribution in [2.75, 3.05) is 5.01 Å². The van der Waals surface area contributed by atoms with Crippen LogP contribution in [0.3, 0.4) is 0 Å². The summed E-state index contributed by atoms with van der Waals surface area (Å²) in [6.45, 7) is 1.96. The minimum absolute atomic E-state index is 0.0361. The first-order chi connectivity index (χ1) is 32.4. The van der Waals surface area contributed by atoms with E-state index in [2.05, 4.69) is 101 Å². The first kappa shape index (κ1) is 49.4. The largest absolute Gasteiger partial charge is 0.442 e. The maximum absolute atomic E-state index is 12.4. The molecule has 3 saturated heterocycles. The summed E-state index contributed by atoms with van der Waals surface area (Å²) in [5.74, 6) is -3.00. The molecular weight excluding hydrogens is 1260 g/mol. The number of carbonyl (C=O) groups is 6. The third kappa shape index (κ3) is 11.3. The summed E-state index contributed by atoms with van der Waals surface area (Å²) in [7, 11) is -4.55. The summed E-state index contributed by atoms with van der Waals surface area (Å²) in [5, 5.41) is 11.5. The summed E-state index contributed by atoms with van der Waals surface area (Å²) in [4.78, 5) is 73.5. The van der Waals surface area contributed by atoms with Crippen molar-refractivity contribution in [3.8, 4) is 6.07 Å². The average molecular weight is 1290 g/mol. The Morgan fingerprint density at radius 2 is 1.10 bits per heavy atom. The van der Waals surface area contributed by atoms with Gasteiger partial charge < -0.3 is 4.42 Å². The van der Waals surface area contributed by atoms with E-state index >= 15 is 0 Å². The second-order valence-electron chi connectivity index (χ2n) is 14.2. The second-order valence-corrected chi connectivity index (χ2v) is 20.2. The van der Waals surface area contributed by atoms with Crippen LogP contribution in [0.4, 0.5) is 5.69 Å². The number of carbonyl (C=O) groups excluding carboxylic acids is 6. The van der Waals surface area contributed by atoms with Crippen molar-refractivity contribution in [3.63, 3.8) is 0 Å². The Morgan fingerprint density at radius 1 is 0.647 bits per heavy atom. The molecule has 342 valence electrons. The third-order valence-corrected chi connectivity index (χ3v) is 13.6. The average Bonchev–Trinajstić information content (AvgIpc) is 4.16. The van der Waals surface area contributed by atoms with Gasteiger partial charge in [-0.2, -0.15) is 13.7 Å². The molecule has 0 bridgehead atoms. The predicted molar refractivity (Wildman–Crippen MR) is 274 cm³/mol. The first-order valence-corrected chi connectivity index (χ1v) is 25.0. The van der Waals surface area contributed by atoms with Crippen molar-refractivity contribution in [2.45, 2.75) is 12.0 Å². The molecule has 3 fully saturated rings. The van der Waals surface area contributed by atoms with Gasteiger partial charge in [-0.25, -0.2) is 5.01 Å². The van der Waals surface area contributed by atoms with Crippen molar-refractivity contribution in [2.24, 2.45) is 0 Å². The SMILES string of the molecule is Cc1ccsc1/C=C1/C(=O)NN(c2ccc(I)cc2)C1=O.N#Cc1ccc(C(=C2C(=O)NNC2=O)c2ccc(I)cc2)cc1.O=C1NNC(=O)C1=C(c1ccc(I)cc1)c1ccc(S(=O)(=O)O)o1. The van der Waals surface area contributed by atoms with Gasteiger partial charge in [0, 0.05) is 26.7 Å². The molecule has 0 spiro atoms. The molecule has 5 heterocycles. The predicted octanol–water partition coefficient (Wildman–Crippen LogP) is 6.34. The van der Waals surface area contributed by atoms with E-state index in [1.54, 1.807) is 66.7 Å². The molecule has 9 rings (SSSR count). The Kier molecular flexibility index (Phi) is 15.4. The van der Waals surface area contributed by atoms with Gasteiger partial charge in [-0.3, -0.25) is 60.4 Å². The fraction of sp³-hybridized carbons (Fsp3) is 0.0217. The van der Waals surface area contributed by atoms with Crippen molar-refractivity contribution in [1.82, 2.24) is 27.1 Å². The van der Waals surface area contributed by atoms with Crippen LogP contribution in [0.5, 0.6) is 0 Å². The molecule has 2 aromatic heterocycles. The number of hydrogen-bond donors (Lipinski definition) is 6. The Labute approximate surface area is 431 Å². The molecule has 6 N–H and O–H groups in total. The van der Waals surface area contributed by atoms with Crippen molar-refractivity contribution in [1.29, 1.82) is 5.26 Å². The molecule has 0 radical (unpaired) electrons. The van der Waals surface area contributed by atoms with Gasteiger partial charge in [0.1, 0.15) is 22.5 Å². The molecule has 22 heteroatoms. The van der Waals surface area contributed by atoms with Crippen molar-refractivity contribution in [3.05, 3.63) is 187 Å². The third-order valence-electron chi connectivity index (χ3n) is 9.79. The molecule has 3 aliphatic heterocycles. The van der Waals surface area contributed by atoms with E-state index in [9.17, 15) is 37.2 Å². The number of aryl methyl sites for hydroxylation is 1. The highest BCUT2D eigenvalue weighted by molar-refractivity contribution is 14.1. The lowest BCUT2D eigenvalue weighted by molar-refractivity contribution is -0.118. The molecule has 68 heavy (non-hydrogen) atoms. The summed E-state index contributed by atoms with van der Waals surface area (Å²) in [5.41, 5.74) is 16.5. The van der Waals surface area contributed by atoms with Gasteiger partial charge in [0.25, 0.3) is 35.4 Å². The molecule has 17 nitrogen and oxygen atoms in total. The normalized spacial score (nSPS) is 14.8. The van der Waals surface area contributed by atoms with E-state index in [1.165, 1.54) is 22.4 Å². The zero-order valence-electron chi connectivity index (χ0n) is 34.6. The molecule has 6 amide bonds. The molecule has 0 unspecified atom stereocenters. The van der Waals surface area contributed by atoms with Gasteiger partial charge in [0.2, 0.25) is 5.09 Å². The molecule has 0 saturated carbocycles.